The van der Waals surface area contributed by atoms with Crippen LogP contribution in [0.3, 0.4) is 0 Å². The summed E-state index contributed by atoms with van der Waals surface area (Å²) in [5.41, 5.74) is 0. The third kappa shape index (κ3) is 3.68. The van der Waals surface area contributed by atoms with Crippen LogP contribution in [0, 0.1) is 17.8 Å². The minimum absolute atomic E-state index is 0.0751. The van der Waals surface area contributed by atoms with Crippen molar-refractivity contribution < 1.29 is 14.6 Å². The van der Waals surface area contributed by atoms with Gasteiger partial charge in [0.25, 0.3) is 0 Å². The van der Waals surface area contributed by atoms with Crippen LogP contribution in [-0.2, 0) is 9.53 Å². The fourth-order valence-electron chi connectivity index (χ4n) is 3.26. The summed E-state index contributed by atoms with van der Waals surface area (Å²) in [5, 5.41) is 15.6. The van der Waals surface area contributed by atoms with Crippen LogP contribution in [0.5, 0.6) is 0 Å². The molecule has 1 heterocycles. The van der Waals surface area contributed by atoms with Crippen LogP contribution < -0.4 is 10.6 Å². The Bertz CT molecular complexity index is 298. The van der Waals surface area contributed by atoms with E-state index < -0.39 is 0 Å². The van der Waals surface area contributed by atoms with Crippen molar-refractivity contribution in [1.82, 2.24) is 10.6 Å². The van der Waals surface area contributed by atoms with E-state index >= 15 is 0 Å². The number of aliphatic hydroxyl groups excluding tert-OH is 1. The molecule has 0 aromatic rings. The van der Waals surface area contributed by atoms with Gasteiger partial charge in [0.1, 0.15) is 0 Å². The van der Waals surface area contributed by atoms with Crippen molar-refractivity contribution in [2.45, 2.75) is 32.2 Å². The molecule has 0 bridgehead atoms. The largest absolute Gasteiger partial charge is 0.396 e. The SMILES string of the molecule is CCNC1COCC1C(=O)NCC1CCCC1CO. The molecular weight excluding hydrogens is 244 g/mol. The average Bonchev–Trinajstić information content (AvgIpc) is 3.04. The monoisotopic (exact) mass is 270 g/mol. The number of aliphatic hydroxyl groups is 1. The normalized spacial score (nSPS) is 34.6. The van der Waals surface area contributed by atoms with Crippen molar-refractivity contribution in [3.8, 4) is 0 Å². The van der Waals surface area contributed by atoms with E-state index in [4.69, 9.17) is 4.74 Å². The second-order valence-electron chi connectivity index (χ2n) is 5.69. The van der Waals surface area contributed by atoms with Crippen molar-refractivity contribution in [1.29, 1.82) is 0 Å². The highest BCUT2D eigenvalue weighted by atomic mass is 16.5. The summed E-state index contributed by atoms with van der Waals surface area (Å²) in [6.07, 6.45) is 3.37. The fourth-order valence-corrected chi connectivity index (χ4v) is 3.26. The highest BCUT2D eigenvalue weighted by Gasteiger charge is 2.34. The lowest BCUT2D eigenvalue weighted by Gasteiger charge is -2.21. The van der Waals surface area contributed by atoms with E-state index in [9.17, 15) is 9.90 Å². The van der Waals surface area contributed by atoms with E-state index in [0.717, 1.165) is 25.8 Å². The molecule has 1 amide bonds. The predicted octanol–water partition coefficient (Wildman–Crippen LogP) is 0.136. The number of hydrogen-bond donors (Lipinski definition) is 3. The van der Waals surface area contributed by atoms with Crippen LogP contribution in [0.25, 0.3) is 0 Å². The molecule has 0 aromatic heterocycles. The third-order valence-electron chi connectivity index (χ3n) is 4.47. The number of likely N-dealkylation sites (N-methyl/N-ethyl adjacent to an activating group) is 1. The number of carbonyl (C=O) groups excluding carboxylic acids is 1. The standard InChI is InChI=1S/C14H26N2O3/c1-2-15-13-9-19-8-12(13)14(18)16-6-10-4-3-5-11(10)7-17/h10-13,15,17H,2-9H2,1H3,(H,16,18). The van der Waals surface area contributed by atoms with Crippen molar-refractivity contribution >= 4 is 5.91 Å². The molecule has 2 aliphatic rings. The first kappa shape index (κ1) is 14.8. The third-order valence-corrected chi connectivity index (χ3v) is 4.47. The molecular formula is C14H26N2O3. The average molecular weight is 270 g/mol. The topological polar surface area (TPSA) is 70.6 Å². The molecule has 4 atom stereocenters. The summed E-state index contributed by atoms with van der Waals surface area (Å²) >= 11 is 0. The molecule has 110 valence electrons. The number of nitrogens with one attached hydrogen (secondary N) is 2. The predicted molar refractivity (Wildman–Crippen MR) is 72.7 cm³/mol. The van der Waals surface area contributed by atoms with Gasteiger partial charge < -0.3 is 20.5 Å². The van der Waals surface area contributed by atoms with Crippen molar-refractivity contribution in [3.63, 3.8) is 0 Å². The Morgan fingerprint density at radius 3 is 2.84 bits per heavy atom. The summed E-state index contributed by atoms with van der Waals surface area (Å²) in [6, 6.07) is 0.141. The molecule has 1 aliphatic heterocycles. The van der Waals surface area contributed by atoms with Gasteiger partial charge in [-0.2, -0.15) is 0 Å². The van der Waals surface area contributed by atoms with Crippen LogP contribution in [-0.4, -0.2) is 50.0 Å². The molecule has 1 saturated heterocycles. The smallest absolute Gasteiger partial charge is 0.227 e. The molecule has 2 fully saturated rings. The van der Waals surface area contributed by atoms with Crippen LogP contribution in [0.1, 0.15) is 26.2 Å². The van der Waals surface area contributed by atoms with Gasteiger partial charge in [-0.15, -0.1) is 0 Å². The number of carbonyl (C=O) groups is 1. The lowest BCUT2D eigenvalue weighted by molar-refractivity contribution is -0.125. The molecule has 1 saturated carbocycles. The number of hydrogen-bond acceptors (Lipinski definition) is 4. The first-order chi connectivity index (χ1) is 9.26. The highest BCUT2D eigenvalue weighted by Crippen LogP contribution is 2.30. The summed E-state index contributed by atoms with van der Waals surface area (Å²) in [7, 11) is 0. The fraction of sp³-hybridized carbons (Fsp3) is 0.929. The quantitative estimate of drug-likeness (QED) is 0.642. The molecule has 2 rings (SSSR count). The minimum Gasteiger partial charge on any atom is -0.396 e. The first-order valence-corrected chi connectivity index (χ1v) is 7.46. The lowest BCUT2D eigenvalue weighted by atomic mass is 9.96. The molecule has 0 aromatic carbocycles. The maximum absolute atomic E-state index is 12.2. The van der Waals surface area contributed by atoms with Gasteiger partial charge in [0.2, 0.25) is 5.91 Å². The second kappa shape index (κ2) is 7.22. The summed E-state index contributed by atoms with van der Waals surface area (Å²) in [5.74, 6) is 0.819. The zero-order chi connectivity index (χ0) is 13.7. The van der Waals surface area contributed by atoms with Crippen molar-refractivity contribution in [2.75, 3.05) is 32.9 Å². The Hall–Kier alpha value is -0.650. The molecule has 5 heteroatoms. The second-order valence-corrected chi connectivity index (χ2v) is 5.69. The van der Waals surface area contributed by atoms with E-state index in [1.165, 1.54) is 0 Å². The van der Waals surface area contributed by atoms with Crippen LogP contribution in [0.4, 0.5) is 0 Å². The van der Waals surface area contributed by atoms with Gasteiger partial charge in [0.15, 0.2) is 0 Å². The zero-order valence-electron chi connectivity index (χ0n) is 11.7. The van der Waals surface area contributed by atoms with Gasteiger partial charge >= 0.3 is 0 Å². The molecule has 0 radical (unpaired) electrons. The summed E-state index contributed by atoms with van der Waals surface area (Å²) in [4.78, 5) is 12.2. The van der Waals surface area contributed by atoms with E-state index in [1.54, 1.807) is 0 Å². The summed E-state index contributed by atoms with van der Waals surface area (Å²) < 4.78 is 5.39. The Morgan fingerprint density at radius 1 is 1.32 bits per heavy atom. The Kier molecular flexibility index (Phi) is 5.60. The van der Waals surface area contributed by atoms with Crippen molar-refractivity contribution in [2.24, 2.45) is 17.8 Å². The lowest BCUT2D eigenvalue weighted by Crippen LogP contribution is -2.45. The maximum atomic E-state index is 12.2. The van der Waals surface area contributed by atoms with Crippen molar-refractivity contribution in [3.05, 3.63) is 0 Å². The number of ether oxygens (including phenoxy) is 1. The van der Waals surface area contributed by atoms with Crippen LogP contribution >= 0.6 is 0 Å². The van der Waals surface area contributed by atoms with E-state index in [0.29, 0.717) is 31.6 Å². The van der Waals surface area contributed by atoms with E-state index in [1.807, 2.05) is 6.92 Å². The molecule has 19 heavy (non-hydrogen) atoms. The number of amides is 1. The Labute approximate surface area is 115 Å². The Morgan fingerprint density at radius 2 is 2.11 bits per heavy atom. The van der Waals surface area contributed by atoms with Gasteiger partial charge in [0.05, 0.1) is 19.1 Å². The maximum Gasteiger partial charge on any atom is 0.227 e. The highest BCUT2D eigenvalue weighted by molar-refractivity contribution is 5.79. The molecule has 0 spiro atoms. The van der Waals surface area contributed by atoms with Gasteiger partial charge in [0, 0.05) is 19.2 Å². The molecule has 5 nitrogen and oxygen atoms in total. The van der Waals surface area contributed by atoms with Crippen LogP contribution in [0.15, 0.2) is 0 Å². The van der Waals surface area contributed by atoms with Gasteiger partial charge in [-0.25, -0.2) is 0 Å². The van der Waals surface area contributed by atoms with Gasteiger partial charge in [-0.1, -0.05) is 13.3 Å². The minimum atomic E-state index is -0.0751. The molecule has 3 N–H and O–H groups in total. The van der Waals surface area contributed by atoms with E-state index in [-0.39, 0.29) is 24.5 Å². The van der Waals surface area contributed by atoms with Gasteiger partial charge in [-0.3, -0.25) is 4.79 Å². The molecule has 1 aliphatic carbocycles. The zero-order valence-corrected chi connectivity index (χ0v) is 11.7. The number of rotatable bonds is 6. The van der Waals surface area contributed by atoms with Gasteiger partial charge in [-0.05, 0) is 31.2 Å². The molecule has 4 unspecified atom stereocenters. The van der Waals surface area contributed by atoms with E-state index in [2.05, 4.69) is 10.6 Å². The summed E-state index contributed by atoms with van der Waals surface area (Å²) in [6.45, 7) is 4.96. The first-order valence-electron chi connectivity index (χ1n) is 7.46. The van der Waals surface area contributed by atoms with Crippen LogP contribution in [0.2, 0.25) is 0 Å². The Balaban J connectivity index is 1.77.